The molecule has 2 fully saturated rings. The number of rotatable bonds is 16. The molecular weight excluding hydrogens is 404 g/mol. The molecule has 2 saturated heterocycles. The first-order valence-corrected chi connectivity index (χ1v) is 11.0. The van der Waals surface area contributed by atoms with Crippen LogP contribution in [0.3, 0.4) is 0 Å². The van der Waals surface area contributed by atoms with Gasteiger partial charge < -0.3 is 19.3 Å². The molecule has 0 aliphatic carbocycles. The van der Waals surface area contributed by atoms with Crippen molar-refractivity contribution in [2.45, 2.75) is 44.9 Å². The van der Waals surface area contributed by atoms with Gasteiger partial charge in [-0.15, -0.1) is 0 Å². The molecule has 176 valence electrons. The fourth-order valence-electron chi connectivity index (χ4n) is 3.90. The predicted octanol–water partition coefficient (Wildman–Crippen LogP) is 1.54. The molecule has 2 aliphatic rings. The fraction of sp³-hybridized carbons (Fsp3) is 0.810. The highest BCUT2D eigenvalue weighted by molar-refractivity contribution is 5.81. The number of hydrogen-bond acceptors (Lipinski definition) is 6. The van der Waals surface area contributed by atoms with Gasteiger partial charge in [0, 0.05) is 79.2 Å². The molecule has 4 amide bonds. The minimum atomic E-state index is -0.0399. The molecule has 0 spiro atoms. The van der Waals surface area contributed by atoms with E-state index in [0.29, 0.717) is 97.7 Å². The number of carbonyl (C=O) groups excluding carboxylic acids is 4. The molecule has 0 N–H and O–H groups in total. The van der Waals surface area contributed by atoms with Crippen LogP contribution >= 0.6 is 0 Å². The molecule has 0 aromatic carbocycles. The van der Waals surface area contributed by atoms with Crippen LogP contribution < -0.4 is 0 Å². The fourth-order valence-corrected chi connectivity index (χ4v) is 3.90. The Morgan fingerprint density at radius 2 is 1.00 bits per heavy atom. The van der Waals surface area contributed by atoms with Crippen LogP contribution in [-0.4, -0.2) is 110 Å². The molecule has 2 heterocycles. The van der Waals surface area contributed by atoms with E-state index in [4.69, 9.17) is 9.47 Å². The number of urea groups is 2. The standard InChI is InChI=1S/C21H36N4O6/c1-30-16-24-14-12-22(20(24)28)10-4-8-18(26)6-3-7-19(27)9-5-11-23-13-15-25(17-31-2)21(23)29/h3-17H2,1-2H3. The summed E-state index contributed by atoms with van der Waals surface area (Å²) in [5, 5.41) is 0. The monoisotopic (exact) mass is 440 g/mol. The lowest BCUT2D eigenvalue weighted by Crippen LogP contribution is -2.33. The largest absolute Gasteiger partial charge is 0.364 e. The summed E-state index contributed by atoms with van der Waals surface area (Å²) in [7, 11) is 3.12. The van der Waals surface area contributed by atoms with Crippen LogP contribution in [0.4, 0.5) is 9.59 Å². The van der Waals surface area contributed by atoms with Crippen molar-refractivity contribution in [3.8, 4) is 0 Å². The van der Waals surface area contributed by atoms with Crippen LogP contribution in [0.15, 0.2) is 0 Å². The minimum Gasteiger partial charge on any atom is -0.364 e. The van der Waals surface area contributed by atoms with Crippen LogP contribution in [0, 0.1) is 0 Å². The molecular formula is C21H36N4O6. The first-order chi connectivity index (χ1) is 15.0. The lowest BCUT2D eigenvalue weighted by Gasteiger charge is -2.17. The topological polar surface area (TPSA) is 99.7 Å². The van der Waals surface area contributed by atoms with Crippen molar-refractivity contribution in [1.29, 1.82) is 0 Å². The minimum absolute atomic E-state index is 0.0399. The Bertz CT molecular complexity index is 577. The Kier molecular flexibility index (Phi) is 10.7. The summed E-state index contributed by atoms with van der Waals surface area (Å²) in [5.74, 6) is 0.267. The molecule has 10 heteroatoms. The van der Waals surface area contributed by atoms with Crippen molar-refractivity contribution in [2.75, 3.05) is 66.9 Å². The average molecular weight is 441 g/mol. The van der Waals surface area contributed by atoms with E-state index in [0.717, 1.165) is 0 Å². The van der Waals surface area contributed by atoms with E-state index >= 15 is 0 Å². The molecule has 0 atom stereocenters. The second kappa shape index (κ2) is 13.3. The summed E-state index contributed by atoms with van der Waals surface area (Å²) in [6.07, 6.45) is 3.49. The normalized spacial score (nSPS) is 16.7. The highest BCUT2D eigenvalue weighted by Crippen LogP contribution is 2.12. The molecule has 0 aromatic rings. The van der Waals surface area contributed by atoms with Gasteiger partial charge in [-0.05, 0) is 19.3 Å². The number of carbonyl (C=O) groups is 4. The smallest absolute Gasteiger partial charge is 0.321 e. The number of nitrogens with zero attached hydrogens (tertiary/aromatic N) is 4. The van der Waals surface area contributed by atoms with Gasteiger partial charge in [0.1, 0.15) is 25.0 Å². The molecule has 0 bridgehead atoms. The average Bonchev–Trinajstić information content (AvgIpc) is 3.26. The Morgan fingerprint density at radius 1 is 0.645 bits per heavy atom. The summed E-state index contributed by atoms with van der Waals surface area (Å²) < 4.78 is 9.98. The highest BCUT2D eigenvalue weighted by Gasteiger charge is 2.28. The lowest BCUT2D eigenvalue weighted by atomic mass is 10.0. The van der Waals surface area contributed by atoms with Crippen LogP contribution in [0.2, 0.25) is 0 Å². The van der Waals surface area contributed by atoms with Gasteiger partial charge in [0.25, 0.3) is 0 Å². The van der Waals surface area contributed by atoms with Crippen LogP contribution in [0.1, 0.15) is 44.9 Å². The van der Waals surface area contributed by atoms with E-state index in [-0.39, 0.29) is 23.6 Å². The number of methoxy groups -OCH3 is 2. The molecule has 0 unspecified atom stereocenters. The van der Waals surface area contributed by atoms with E-state index in [1.807, 2.05) is 0 Å². The van der Waals surface area contributed by atoms with Gasteiger partial charge in [-0.25, -0.2) is 9.59 Å². The van der Waals surface area contributed by atoms with E-state index in [1.54, 1.807) is 33.8 Å². The van der Waals surface area contributed by atoms with E-state index in [9.17, 15) is 19.2 Å². The lowest BCUT2D eigenvalue weighted by molar-refractivity contribution is -0.120. The van der Waals surface area contributed by atoms with E-state index < -0.39 is 0 Å². The Labute approximate surface area is 184 Å². The SMILES string of the molecule is COCN1CCN(CCCC(=O)CCCC(=O)CCCN2CCN(COC)C2=O)C1=O. The third-order valence-corrected chi connectivity index (χ3v) is 5.61. The number of amides is 4. The summed E-state index contributed by atoms with van der Waals surface area (Å²) in [4.78, 5) is 55.0. The van der Waals surface area contributed by atoms with Crippen molar-refractivity contribution in [1.82, 2.24) is 19.6 Å². The van der Waals surface area contributed by atoms with Gasteiger partial charge in [0.15, 0.2) is 0 Å². The summed E-state index contributed by atoms with van der Waals surface area (Å²) in [6.45, 7) is 4.37. The maximum Gasteiger partial charge on any atom is 0.321 e. The summed E-state index contributed by atoms with van der Waals surface area (Å²) in [5.41, 5.74) is 0. The molecule has 31 heavy (non-hydrogen) atoms. The zero-order valence-corrected chi connectivity index (χ0v) is 18.8. The first-order valence-electron chi connectivity index (χ1n) is 11.0. The maximum absolute atomic E-state index is 12.1. The Hall–Kier alpha value is -2.20. The van der Waals surface area contributed by atoms with E-state index in [1.165, 1.54) is 0 Å². The van der Waals surface area contributed by atoms with Gasteiger partial charge in [0.2, 0.25) is 0 Å². The third kappa shape index (κ3) is 8.10. The number of Topliss-reactive ketones (excluding diaryl/α,β-unsaturated/α-hetero) is 2. The molecule has 10 nitrogen and oxygen atoms in total. The number of ketones is 2. The predicted molar refractivity (Wildman–Crippen MR) is 113 cm³/mol. The van der Waals surface area contributed by atoms with Crippen LogP contribution in [-0.2, 0) is 19.1 Å². The Morgan fingerprint density at radius 3 is 1.39 bits per heavy atom. The van der Waals surface area contributed by atoms with Crippen molar-refractivity contribution >= 4 is 23.6 Å². The van der Waals surface area contributed by atoms with Gasteiger partial charge in [-0.1, -0.05) is 0 Å². The summed E-state index contributed by atoms with van der Waals surface area (Å²) >= 11 is 0. The zero-order chi connectivity index (χ0) is 22.6. The molecule has 0 saturated carbocycles. The van der Waals surface area contributed by atoms with Crippen molar-refractivity contribution in [2.24, 2.45) is 0 Å². The van der Waals surface area contributed by atoms with Crippen molar-refractivity contribution in [3.05, 3.63) is 0 Å². The second-order valence-corrected chi connectivity index (χ2v) is 8.04. The second-order valence-electron chi connectivity index (χ2n) is 8.04. The van der Waals surface area contributed by atoms with Gasteiger partial charge in [-0.2, -0.15) is 0 Å². The van der Waals surface area contributed by atoms with Crippen LogP contribution in [0.5, 0.6) is 0 Å². The van der Waals surface area contributed by atoms with Gasteiger partial charge in [0.05, 0.1) is 0 Å². The molecule has 0 aromatic heterocycles. The van der Waals surface area contributed by atoms with Crippen LogP contribution in [0.25, 0.3) is 0 Å². The van der Waals surface area contributed by atoms with Crippen molar-refractivity contribution < 1.29 is 28.7 Å². The molecule has 2 aliphatic heterocycles. The first kappa shape index (κ1) is 25.1. The zero-order valence-electron chi connectivity index (χ0n) is 18.8. The highest BCUT2D eigenvalue weighted by atomic mass is 16.5. The maximum atomic E-state index is 12.1. The van der Waals surface area contributed by atoms with Gasteiger partial charge >= 0.3 is 12.1 Å². The third-order valence-electron chi connectivity index (χ3n) is 5.61. The molecule has 0 radical (unpaired) electrons. The summed E-state index contributed by atoms with van der Waals surface area (Å²) in [6, 6.07) is -0.0798. The van der Waals surface area contributed by atoms with Crippen molar-refractivity contribution in [3.63, 3.8) is 0 Å². The number of hydrogen-bond donors (Lipinski definition) is 0. The molecule has 2 rings (SSSR count). The quantitative estimate of drug-likeness (QED) is 0.361. The number of ether oxygens (including phenoxy) is 2. The van der Waals surface area contributed by atoms with Gasteiger partial charge in [-0.3, -0.25) is 19.4 Å². The Balaban J connectivity index is 1.49. The van der Waals surface area contributed by atoms with E-state index in [2.05, 4.69) is 0 Å².